The van der Waals surface area contributed by atoms with Crippen LogP contribution >= 0.6 is 23.1 Å². The van der Waals surface area contributed by atoms with Gasteiger partial charge in [-0.1, -0.05) is 11.8 Å². The van der Waals surface area contributed by atoms with Crippen molar-refractivity contribution in [2.24, 2.45) is 11.7 Å². The third-order valence-corrected chi connectivity index (χ3v) is 5.16. The van der Waals surface area contributed by atoms with Crippen molar-refractivity contribution in [1.82, 2.24) is 4.98 Å². The summed E-state index contributed by atoms with van der Waals surface area (Å²) >= 11 is 3.31. The first-order valence-corrected chi connectivity index (χ1v) is 6.95. The van der Waals surface area contributed by atoms with Gasteiger partial charge in [0.05, 0.1) is 12.1 Å². The summed E-state index contributed by atoms with van der Waals surface area (Å²) in [6.45, 7) is 2.07. The van der Waals surface area contributed by atoms with E-state index in [1.807, 2.05) is 12.3 Å². The smallest absolute Gasteiger partial charge is 0.150 e. The van der Waals surface area contributed by atoms with Crippen molar-refractivity contribution in [3.8, 4) is 0 Å². The molecule has 1 atom stereocenters. The molecule has 1 heterocycles. The molecule has 5 heteroatoms. The van der Waals surface area contributed by atoms with Gasteiger partial charge >= 0.3 is 0 Å². The molecule has 1 aliphatic rings. The minimum absolute atomic E-state index is 0.0784. The van der Waals surface area contributed by atoms with Crippen LogP contribution in [0.25, 0.3) is 0 Å². The van der Waals surface area contributed by atoms with Gasteiger partial charge in [-0.2, -0.15) is 0 Å². The van der Waals surface area contributed by atoms with E-state index in [-0.39, 0.29) is 6.61 Å². The van der Waals surface area contributed by atoms with Gasteiger partial charge in [-0.05, 0) is 25.7 Å². The normalized spacial score (nSPS) is 20.2. The second kappa shape index (κ2) is 4.41. The lowest BCUT2D eigenvalue weighted by atomic mass is 9.99. The summed E-state index contributed by atoms with van der Waals surface area (Å²) in [6.07, 6.45) is 2.32. The van der Waals surface area contributed by atoms with Crippen molar-refractivity contribution in [2.45, 2.75) is 29.6 Å². The average Bonchev–Trinajstić information content (AvgIpc) is 3.00. The predicted octanol–water partition coefficient (Wildman–Crippen LogP) is 1.64. The maximum absolute atomic E-state index is 9.32. The molecule has 2 rings (SSSR count). The highest BCUT2D eigenvalue weighted by Crippen LogP contribution is 2.40. The fourth-order valence-electron chi connectivity index (χ4n) is 1.55. The topological polar surface area (TPSA) is 59.1 Å². The lowest BCUT2D eigenvalue weighted by molar-refractivity contribution is 0.194. The SMILES string of the molecule is Cc1csc(SCC(N)(CO)C2CC2)n1. The molecule has 1 aromatic heterocycles. The summed E-state index contributed by atoms with van der Waals surface area (Å²) in [7, 11) is 0. The van der Waals surface area contributed by atoms with E-state index in [0.717, 1.165) is 28.6 Å². The second-order valence-electron chi connectivity index (χ2n) is 4.21. The molecule has 15 heavy (non-hydrogen) atoms. The quantitative estimate of drug-likeness (QED) is 0.773. The van der Waals surface area contributed by atoms with Crippen LogP contribution in [0, 0.1) is 12.8 Å². The molecule has 0 amide bonds. The number of thioether (sulfide) groups is 1. The average molecular weight is 244 g/mol. The van der Waals surface area contributed by atoms with Gasteiger partial charge in [0.15, 0.2) is 0 Å². The lowest BCUT2D eigenvalue weighted by Crippen LogP contribution is -2.48. The van der Waals surface area contributed by atoms with E-state index >= 15 is 0 Å². The highest BCUT2D eigenvalue weighted by molar-refractivity contribution is 8.01. The number of hydrogen-bond donors (Lipinski definition) is 2. The van der Waals surface area contributed by atoms with Crippen molar-refractivity contribution in [2.75, 3.05) is 12.4 Å². The monoisotopic (exact) mass is 244 g/mol. The molecule has 1 aliphatic carbocycles. The van der Waals surface area contributed by atoms with Gasteiger partial charge in [0.25, 0.3) is 0 Å². The van der Waals surface area contributed by atoms with E-state index in [4.69, 9.17) is 5.73 Å². The van der Waals surface area contributed by atoms with Crippen molar-refractivity contribution in [3.05, 3.63) is 11.1 Å². The molecular formula is C10H16N2OS2. The molecule has 0 bridgehead atoms. The number of nitrogens with two attached hydrogens (primary N) is 1. The number of nitrogens with zero attached hydrogens (tertiary/aromatic N) is 1. The van der Waals surface area contributed by atoms with Gasteiger partial charge in [-0.15, -0.1) is 11.3 Å². The molecule has 0 aromatic carbocycles. The van der Waals surface area contributed by atoms with Gasteiger partial charge in [0, 0.05) is 16.8 Å². The molecule has 1 aromatic rings. The summed E-state index contributed by atoms with van der Waals surface area (Å²) < 4.78 is 1.05. The molecular weight excluding hydrogens is 228 g/mol. The maximum atomic E-state index is 9.32. The molecule has 0 saturated heterocycles. The zero-order chi connectivity index (χ0) is 10.9. The van der Waals surface area contributed by atoms with Crippen molar-refractivity contribution >= 4 is 23.1 Å². The Morgan fingerprint density at radius 3 is 2.93 bits per heavy atom. The van der Waals surface area contributed by atoms with Gasteiger partial charge in [-0.3, -0.25) is 0 Å². The Hall–Kier alpha value is -0.100. The van der Waals surface area contributed by atoms with Crippen LogP contribution in [0.2, 0.25) is 0 Å². The minimum atomic E-state index is -0.399. The second-order valence-corrected chi connectivity index (χ2v) is 6.29. The number of aliphatic hydroxyl groups excluding tert-OH is 1. The zero-order valence-electron chi connectivity index (χ0n) is 8.77. The van der Waals surface area contributed by atoms with E-state index < -0.39 is 5.54 Å². The summed E-state index contributed by atoms with van der Waals surface area (Å²) in [4.78, 5) is 4.37. The number of aryl methyl sites for hydroxylation is 1. The molecule has 1 fully saturated rings. The van der Waals surface area contributed by atoms with Crippen LogP contribution in [0.3, 0.4) is 0 Å². The first-order chi connectivity index (χ1) is 7.14. The maximum Gasteiger partial charge on any atom is 0.150 e. The molecule has 1 unspecified atom stereocenters. The minimum Gasteiger partial charge on any atom is -0.394 e. The standard InChI is InChI=1S/C10H16N2OS2/c1-7-4-14-9(12-7)15-6-10(11,5-13)8-2-3-8/h4,8,13H,2-3,5-6,11H2,1H3. The number of rotatable bonds is 5. The van der Waals surface area contributed by atoms with Crippen LogP contribution in [-0.2, 0) is 0 Å². The Kier molecular flexibility index (Phi) is 3.35. The van der Waals surface area contributed by atoms with Crippen molar-refractivity contribution in [3.63, 3.8) is 0 Å². The zero-order valence-corrected chi connectivity index (χ0v) is 10.4. The molecule has 3 N–H and O–H groups in total. The van der Waals surface area contributed by atoms with E-state index in [0.29, 0.717) is 5.92 Å². The lowest BCUT2D eigenvalue weighted by Gasteiger charge is -2.26. The predicted molar refractivity (Wildman–Crippen MR) is 64.3 cm³/mol. The number of hydrogen-bond acceptors (Lipinski definition) is 5. The Labute approximate surface area is 98.1 Å². The Morgan fingerprint density at radius 2 is 2.47 bits per heavy atom. The van der Waals surface area contributed by atoms with Crippen LogP contribution in [0.1, 0.15) is 18.5 Å². The molecule has 3 nitrogen and oxygen atoms in total. The third-order valence-electron chi connectivity index (χ3n) is 2.75. The Morgan fingerprint density at radius 1 is 1.73 bits per heavy atom. The molecule has 0 radical (unpaired) electrons. The largest absolute Gasteiger partial charge is 0.394 e. The van der Waals surface area contributed by atoms with Gasteiger partial charge in [0.2, 0.25) is 0 Å². The summed E-state index contributed by atoms with van der Waals surface area (Å²) in [5, 5.41) is 11.4. The highest BCUT2D eigenvalue weighted by Gasteiger charge is 2.41. The van der Waals surface area contributed by atoms with Crippen LogP contribution in [0.5, 0.6) is 0 Å². The van der Waals surface area contributed by atoms with Crippen LogP contribution < -0.4 is 5.73 Å². The van der Waals surface area contributed by atoms with E-state index in [1.54, 1.807) is 23.1 Å². The highest BCUT2D eigenvalue weighted by atomic mass is 32.2. The van der Waals surface area contributed by atoms with Crippen molar-refractivity contribution in [1.29, 1.82) is 0 Å². The van der Waals surface area contributed by atoms with E-state index in [9.17, 15) is 5.11 Å². The molecule has 1 saturated carbocycles. The fraction of sp³-hybridized carbons (Fsp3) is 0.700. The molecule has 0 spiro atoms. The fourth-order valence-corrected chi connectivity index (χ4v) is 3.59. The van der Waals surface area contributed by atoms with Crippen LogP contribution in [0.4, 0.5) is 0 Å². The van der Waals surface area contributed by atoms with Gasteiger partial charge < -0.3 is 10.8 Å². The summed E-state index contributed by atoms with van der Waals surface area (Å²) in [5.41, 5.74) is 6.82. The van der Waals surface area contributed by atoms with Crippen LogP contribution in [0.15, 0.2) is 9.72 Å². The molecule has 84 valence electrons. The summed E-state index contributed by atoms with van der Waals surface area (Å²) in [6, 6.07) is 0. The van der Waals surface area contributed by atoms with E-state index in [1.165, 1.54) is 0 Å². The molecule has 0 aliphatic heterocycles. The van der Waals surface area contributed by atoms with Gasteiger partial charge in [-0.25, -0.2) is 4.98 Å². The first-order valence-electron chi connectivity index (χ1n) is 5.09. The van der Waals surface area contributed by atoms with Crippen molar-refractivity contribution < 1.29 is 5.11 Å². The number of aliphatic hydroxyl groups is 1. The summed E-state index contributed by atoms with van der Waals surface area (Å²) in [5.74, 6) is 1.28. The van der Waals surface area contributed by atoms with Crippen LogP contribution in [-0.4, -0.2) is 28.0 Å². The Bertz CT molecular complexity index is 338. The number of thiazole rings is 1. The number of aromatic nitrogens is 1. The Balaban J connectivity index is 1.91. The third kappa shape index (κ3) is 2.72. The van der Waals surface area contributed by atoms with E-state index in [2.05, 4.69) is 4.98 Å². The van der Waals surface area contributed by atoms with Gasteiger partial charge in [0.1, 0.15) is 4.34 Å². The first kappa shape index (κ1) is 11.4.